The second kappa shape index (κ2) is 7.96. The number of nitrogens with one attached hydrogen (secondary N) is 2. The minimum absolute atomic E-state index is 0.264. The molecule has 2 N–H and O–H groups in total. The molecular weight excluding hydrogens is 390 g/mol. The molecule has 4 heterocycles. The van der Waals surface area contributed by atoms with Crippen molar-refractivity contribution in [3.8, 4) is 11.3 Å². The zero-order valence-electron chi connectivity index (χ0n) is 16.5. The molecule has 1 fully saturated rings. The van der Waals surface area contributed by atoms with Crippen molar-refractivity contribution < 1.29 is 8.42 Å². The Morgan fingerprint density at radius 2 is 2.10 bits per heavy atom. The Morgan fingerprint density at radius 3 is 2.90 bits per heavy atom. The quantitative estimate of drug-likeness (QED) is 0.630. The van der Waals surface area contributed by atoms with Gasteiger partial charge in [-0.05, 0) is 43.0 Å². The van der Waals surface area contributed by atoms with Crippen molar-refractivity contribution in [1.82, 2.24) is 24.3 Å². The lowest BCUT2D eigenvalue weighted by molar-refractivity contribution is 0.409. The number of pyridine rings is 1. The number of imidazole rings is 1. The van der Waals surface area contributed by atoms with Gasteiger partial charge in [-0.3, -0.25) is 0 Å². The maximum atomic E-state index is 11.4. The van der Waals surface area contributed by atoms with Crippen LogP contribution in [0.15, 0.2) is 36.7 Å². The van der Waals surface area contributed by atoms with E-state index in [1.165, 1.54) is 6.26 Å². The highest BCUT2D eigenvalue weighted by Crippen LogP contribution is 2.27. The first-order valence-corrected chi connectivity index (χ1v) is 11.5. The third-order valence-electron chi connectivity index (χ3n) is 5.14. The first kappa shape index (κ1) is 19.6. The van der Waals surface area contributed by atoms with Gasteiger partial charge in [-0.2, -0.15) is 0 Å². The average molecular weight is 416 g/mol. The van der Waals surface area contributed by atoms with Gasteiger partial charge >= 0.3 is 0 Å². The minimum atomic E-state index is -3.17. The van der Waals surface area contributed by atoms with Gasteiger partial charge in [0, 0.05) is 38.4 Å². The Morgan fingerprint density at radius 1 is 1.24 bits per heavy atom. The zero-order chi connectivity index (χ0) is 20.4. The lowest BCUT2D eigenvalue weighted by atomic mass is 9.98. The van der Waals surface area contributed by atoms with Gasteiger partial charge in [0.05, 0.1) is 18.1 Å². The Labute approximate surface area is 170 Å². The first-order chi connectivity index (χ1) is 13.9. The molecule has 9 nitrogen and oxygen atoms in total. The van der Waals surface area contributed by atoms with Crippen LogP contribution in [0.25, 0.3) is 16.9 Å². The number of sulfonamides is 1. The van der Waals surface area contributed by atoms with Crippen LogP contribution in [0.2, 0.25) is 0 Å². The van der Waals surface area contributed by atoms with Crippen molar-refractivity contribution in [2.75, 3.05) is 43.2 Å². The van der Waals surface area contributed by atoms with Crippen LogP contribution in [0.3, 0.4) is 0 Å². The summed E-state index contributed by atoms with van der Waals surface area (Å²) in [7, 11) is -1.34. The van der Waals surface area contributed by atoms with Crippen molar-refractivity contribution in [3.63, 3.8) is 0 Å². The number of anilines is 2. The highest BCUT2D eigenvalue weighted by atomic mass is 32.2. The molecule has 3 aromatic heterocycles. The molecule has 0 bridgehead atoms. The molecule has 0 saturated carbocycles. The van der Waals surface area contributed by atoms with Gasteiger partial charge in [-0.25, -0.2) is 27.6 Å². The summed E-state index contributed by atoms with van der Waals surface area (Å²) in [6, 6.07) is 7.81. The van der Waals surface area contributed by atoms with Gasteiger partial charge in [0.2, 0.25) is 10.0 Å². The summed E-state index contributed by atoms with van der Waals surface area (Å²) in [6.45, 7) is 2.13. The molecule has 4 rings (SSSR count). The minimum Gasteiger partial charge on any atom is -0.372 e. The highest BCUT2D eigenvalue weighted by molar-refractivity contribution is 7.88. The lowest BCUT2D eigenvalue weighted by Crippen LogP contribution is -2.41. The van der Waals surface area contributed by atoms with Crippen molar-refractivity contribution in [3.05, 3.63) is 36.7 Å². The van der Waals surface area contributed by atoms with Gasteiger partial charge in [0.15, 0.2) is 5.65 Å². The van der Waals surface area contributed by atoms with Gasteiger partial charge < -0.3 is 10.2 Å². The van der Waals surface area contributed by atoms with E-state index in [2.05, 4.69) is 30.0 Å². The molecule has 1 atom stereocenters. The third-order valence-corrected chi connectivity index (χ3v) is 5.83. The van der Waals surface area contributed by atoms with Gasteiger partial charge in [-0.1, -0.05) is 0 Å². The van der Waals surface area contributed by atoms with E-state index in [0.717, 1.165) is 54.5 Å². The molecule has 0 spiro atoms. The molecule has 1 unspecified atom stereocenters. The number of aromatic nitrogens is 4. The number of hydrogen-bond donors (Lipinski definition) is 2. The molecule has 29 heavy (non-hydrogen) atoms. The SMILES string of the molecule is CNc1ccc2ncc(-c3ccnc(N4CCCC(CNS(C)(=O)=O)C4)c3)n2n1. The van der Waals surface area contributed by atoms with Crippen LogP contribution in [-0.4, -0.2) is 60.9 Å². The van der Waals surface area contributed by atoms with E-state index in [1.54, 1.807) is 6.20 Å². The molecule has 3 aromatic rings. The summed E-state index contributed by atoms with van der Waals surface area (Å²) < 4.78 is 27.2. The van der Waals surface area contributed by atoms with Crippen LogP contribution in [0, 0.1) is 5.92 Å². The molecule has 1 saturated heterocycles. The third kappa shape index (κ3) is 4.48. The van der Waals surface area contributed by atoms with E-state index < -0.39 is 10.0 Å². The monoisotopic (exact) mass is 415 g/mol. The van der Waals surface area contributed by atoms with Crippen molar-refractivity contribution >= 4 is 27.3 Å². The predicted octanol–water partition coefficient (Wildman–Crippen LogP) is 1.60. The molecule has 0 radical (unpaired) electrons. The van der Waals surface area contributed by atoms with E-state index >= 15 is 0 Å². The normalized spacial score (nSPS) is 17.6. The molecule has 0 aromatic carbocycles. The molecule has 0 amide bonds. The van der Waals surface area contributed by atoms with Crippen LogP contribution >= 0.6 is 0 Å². The highest BCUT2D eigenvalue weighted by Gasteiger charge is 2.22. The summed E-state index contributed by atoms with van der Waals surface area (Å²) in [5.74, 6) is 1.91. The largest absolute Gasteiger partial charge is 0.372 e. The van der Waals surface area contributed by atoms with Crippen LogP contribution in [0.1, 0.15) is 12.8 Å². The van der Waals surface area contributed by atoms with Crippen LogP contribution in [0.5, 0.6) is 0 Å². The Kier molecular flexibility index (Phi) is 5.37. The maximum absolute atomic E-state index is 11.4. The Bertz CT molecular complexity index is 1110. The van der Waals surface area contributed by atoms with Gasteiger partial charge in [-0.15, -0.1) is 5.10 Å². The van der Waals surface area contributed by atoms with Crippen molar-refractivity contribution in [2.45, 2.75) is 12.8 Å². The van der Waals surface area contributed by atoms with E-state index in [1.807, 2.05) is 42.0 Å². The molecule has 154 valence electrons. The van der Waals surface area contributed by atoms with Crippen LogP contribution in [-0.2, 0) is 10.0 Å². The molecular formula is C19H25N7O2S. The maximum Gasteiger partial charge on any atom is 0.208 e. The molecule has 10 heteroatoms. The van der Waals surface area contributed by atoms with E-state index in [0.29, 0.717) is 6.54 Å². The smallest absolute Gasteiger partial charge is 0.208 e. The van der Waals surface area contributed by atoms with Crippen molar-refractivity contribution in [1.29, 1.82) is 0 Å². The summed E-state index contributed by atoms with van der Waals surface area (Å²) in [5.41, 5.74) is 2.66. The molecule has 1 aliphatic rings. The zero-order valence-corrected chi connectivity index (χ0v) is 17.4. The lowest BCUT2D eigenvalue weighted by Gasteiger charge is -2.33. The number of hydrogen-bond acceptors (Lipinski definition) is 7. The van der Waals surface area contributed by atoms with Gasteiger partial charge in [0.25, 0.3) is 0 Å². The molecule has 0 aliphatic carbocycles. The Hall–Kier alpha value is -2.72. The second-order valence-corrected chi connectivity index (χ2v) is 9.19. The standard InChI is InChI=1S/C19H25N7O2S/c1-20-17-5-6-18-22-12-16(26(18)24-17)15-7-8-21-19(10-15)25-9-3-4-14(13-25)11-23-29(2,27)28/h5-8,10,12,14,23H,3-4,9,11,13H2,1-2H3,(H,20,24). The van der Waals surface area contributed by atoms with E-state index in [9.17, 15) is 8.42 Å². The number of nitrogens with zero attached hydrogens (tertiary/aromatic N) is 5. The molecule has 1 aliphatic heterocycles. The number of rotatable bonds is 6. The summed E-state index contributed by atoms with van der Waals surface area (Å²) in [4.78, 5) is 11.2. The topological polar surface area (TPSA) is 105 Å². The Balaban J connectivity index is 1.57. The number of piperidine rings is 1. The fourth-order valence-electron chi connectivity index (χ4n) is 3.66. The summed E-state index contributed by atoms with van der Waals surface area (Å²) >= 11 is 0. The second-order valence-electron chi connectivity index (χ2n) is 7.36. The average Bonchev–Trinajstić information content (AvgIpc) is 3.15. The summed E-state index contributed by atoms with van der Waals surface area (Å²) in [6.07, 6.45) is 6.82. The number of fused-ring (bicyclic) bond motifs is 1. The predicted molar refractivity (Wildman–Crippen MR) is 114 cm³/mol. The van der Waals surface area contributed by atoms with Crippen molar-refractivity contribution in [2.24, 2.45) is 5.92 Å². The fraction of sp³-hybridized carbons (Fsp3) is 0.421. The first-order valence-electron chi connectivity index (χ1n) is 9.61. The summed E-state index contributed by atoms with van der Waals surface area (Å²) in [5, 5.41) is 7.62. The van der Waals surface area contributed by atoms with Crippen LogP contribution < -0.4 is 14.9 Å². The van der Waals surface area contributed by atoms with Gasteiger partial charge in [0.1, 0.15) is 11.6 Å². The fourth-order valence-corrected chi connectivity index (χ4v) is 4.20. The van der Waals surface area contributed by atoms with E-state index in [4.69, 9.17) is 0 Å². The van der Waals surface area contributed by atoms with Crippen LogP contribution in [0.4, 0.5) is 11.6 Å². The van der Waals surface area contributed by atoms with E-state index in [-0.39, 0.29) is 5.92 Å².